The molecule has 0 amide bonds. The predicted molar refractivity (Wildman–Crippen MR) is 76.1 cm³/mol. The maximum Gasteiger partial charge on any atom is 0.125 e. The Morgan fingerprint density at radius 2 is 1.68 bits per heavy atom. The number of rotatable bonds is 3. The van der Waals surface area contributed by atoms with Crippen LogP contribution in [0.5, 0.6) is 5.75 Å². The molecule has 0 heterocycles. The molecule has 2 heteroatoms. The van der Waals surface area contributed by atoms with Crippen LogP contribution in [-0.2, 0) is 6.61 Å². The lowest BCUT2D eigenvalue weighted by Crippen LogP contribution is -2.01. The Morgan fingerprint density at radius 3 is 2.32 bits per heavy atom. The van der Waals surface area contributed by atoms with Gasteiger partial charge in [-0.3, -0.25) is 0 Å². The summed E-state index contributed by atoms with van der Waals surface area (Å²) in [5, 5.41) is 9.06. The molecule has 2 aromatic rings. The minimum absolute atomic E-state index is 0.425. The molecule has 0 aromatic heterocycles. The molecule has 0 radical (unpaired) electrons. The minimum Gasteiger partial charge on any atom is -0.488 e. The lowest BCUT2D eigenvalue weighted by molar-refractivity contribution is 0.301. The number of benzene rings is 2. The Kier molecular flexibility index (Phi) is 3.87. The van der Waals surface area contributed by atoms with Crippen LogP contribution in [0.3, 0.4) is 0 Å². The van der Waals surface area contributed by atoms with Crippen LogP contribution >= 0.6 is 0 Å². The summed E-state index contributed by atoms with van der Waals surface area (Å²) in [6, 6.07) is 13.9. The monoisotopic (exact) mass is 251 g/mol. The van der Waals surface area contributed by atoms with Gasteiger partial charge in [0.15, 0.2) is 0 Å². The van der Waals surface area contributed by atoms with Gasteiger partial charge in [0, 0.05) is 5.56 Å². The summed E-state index contributed by atoms with van der Waals surface area (Å²) in [6.45, 7) is 6.60. The van der Waals surface area contributed by atoms with Gasteiger partial charge in [-0.2, -0.15) is 5.26 Å². The molecule has 0 N–H and O–H groups in total. The highest BCUT2D eigenvalue weighted by Gasteiger charge is 2.07. The van der Waals surface area contributed by atoms with E-state index in [1.807, 2.05) is 38.1 Å². The van der Waals surface area contributed by atoms with E-state index in [2.05, 4.69) is 25.1 Å². The van der Waals surface area contributed by atoms with Crippen LogP contribution < -0.4 is 4.74 Å². The first-order valence-corrected chi connectivity index (χ1v) is 6.30. The van der Waals surface area contributed by atoms with Crippen molar-refractivity contribution in [3.8, 4) is 11.8 Å². The first-order valence-electron chi connectivity index (χ1n) is 6.30. The first-order chi connectivity index (χ1) is 9.11. The fraction of sp³-hybridized carbons (Fsp3) is 0.235. The minimum atomic E-state index is 0.425. The van der Waals surface area contributed by atoms with Crippen LogP contribution in [0.25, 0.3) is 0 Å². The van der Waals surface area contributed by atoms with E-state index in [0.29, 0.717) is 12.2 Å². The first kappa shape index (κ1) is 13.2. The third kappa shape index (κ3) is 2.95. The summed E-state index contributed by atoms with van der Waals surface area (Å²) in [6.07, 6.45) is 0. The molecule has 2 nitrogen and oxygen atoms in total. The second-order valence-corrected chi connectivity index (χ2v) is 4.79. The van der Waals surface area contributed by atoms with E-state index in [1.165, 1.54) is 5.56 Å². The second kappa shape index (κ2) is 5.58. The average Bonchev–Trinajstić information content (AvgIpc) is 2.38. The van der Waals surface area contributed by atoms with Gasteiger partial charge < -0.3 is 4.74 Å². The van der Waals surface area contributed by atoms with Crippen molar-refractivity contribution < 1.29 is 4.74 Å². The third-order valence-electron chi connectivity index (χ3n) is 3.11. The number of hydrogen-bond donors (Lipinski definition) is 0. The molecule has 0 unspecified atom stereocenters. The lowest BCUT2D eigenvalue weighted by Gasteiger charge is -2.13. The number of ether oxygens (including phenoxy) is 1. The second-order valence-electron chi connectivity index (χ2n) is 4.79. The SMILES string of the molecule is Cc1cc(C)c(OCc2ccccc2C#N)c(C)c1. The predicted octanol–water partition coefficient (Wildman–Crippen LogP) is 4.06. The van der Waals surface area contributed by atoms with Gasteiger partial charge in [0.1, 0.15) is 12.4 Å². The van der Waals surface area contributed by atoms with Gasteiger partial charge in [-0.25, -0.2) is 0 Å². The van der Waals surface area contributed by atoms with Crippen molar-refractivity contribution in [2.24, 2.45) is 0 Å². The van der Waals surface area contributed by atoms with Crippen molar-refractivity contribution in [2.45, 2.75) is 27.4 Å². The summed E-state index contributed by atoms with van der Waals surface area (Å²) in [5.41, 5.74) is 5.09. The molecule has 19 heavy (non-hydrogen) atoms. The van der Waals surface area contributed by atoms with Crippen molar-refractivity contribution in [3.63, 3.8) is 0 Å². The zero-order valence-electron chi connectivity index (χ0n) is 11.5. The Balaban J connectivity index is 2.22. The van der Waals surface area contributed by atoms with E-state index in [4.69, 9.17) is 10.00 Å². The Hall–Kier alpha value is -2.27. The van der Waals surface area contributed by atoms with E-state index in [-0.39, 0.29) is 0 Å². The molecule has 2 aromatic carbocycles. The average molecular weight is 251 g/mol. The van der Waals surface area contributed by atoms with Crippen molar-refractivity contribution in [1.29, 1.82) is 5.26 Å². The molecule has 0 aliphatic carbocycles. The molecular formula is C17H17NO. The molecule has 0 aliphatic rings. The summed E-state index contributed by atoms with van der Waals surface area (Å²) >= 11 is 0. The van der Waals surface area contributed by atoms with Gasteiger partial charge >= 0.3 is 0 Å². The summed E-state index contributed by atoms with van der Waals surface area (Å²) in [7, 11) is 0. The maximum atomic E-state index is 9.06. The van der Waals surface area contributed by atoms with Crippen LogP contribution in [-0.4, -0.2) is 0 Å². The number of aryl methyl sites for hydroxylation is 3. The van der Waals surface area contributed by atoms with Crippen LogP contribution in [0.4, 0.5) is 0 Å². The van der Waals surface area contributed by atoms with E-state index >= 15 is 0 Å². The van der Waals surface area contributed by atoms with Gasteiger partial charge in [0.05, 0.1) is 11.6 Å². The van der Waals surface area contributed by atoms with Gasteiger partial charge in [0.25, 0.3) is 0 Å². The van der Waals surface area contributed by atoms with E-state index in [9.17, 15) is 0 Å². The van der Waals surface area contributed by atoms with Crippen LogP contribution in [0.1, 0.15) is 27.8 Å². The van der Waals surface area contributed by atoms with E-state index in [0.717, 1.165) is 22.4 Å². The molecule has 0 bridgehead atoms. The van der Waals surface area contributed by atoms with Crippen molar-refractivity contribution in [2.75, 3.05) is 0 Å². The summed E-state index contributed by atoms with van der Waals surface area (Å²) in [4.78, 5) is 0. The Bertz CT molecular complexity index is 615. The zero-order valence-corrected chi connectivity index (χ0v) is 11.5. The molecule has 0 spiro atoms. The number of nitrogens with zero attached hydrogens (tertiary/aromatic N) is 1. The molecule has 0 saturated heterocycles. The zero-order chi connectivity index (χ0) is 13.8. The van der Waals surface area contributed by atoms with Gasteiger partial charge in [-0.05, 0) is 38.0 Å². The normalized spacial score (nSPS) is 10.0. The fourth-order valence-corrected chi connectivity index (χ4v) is 2.30. The highest BCUT2D eigenvalue weighted by atomic mass is 16.5. The Labute approximate surface area is 114 Å². The summed E-state index contributed by atoms with van der Waals surface area (Å²) in [5.74, 6) is 0.915. The smallest absolute Gasteiger partial charge is 0.125 e. The van der Waals surface area contributed by atoms with Crippen LogP contribution in [0, 0.1) is 32.1 Å². The lowest BCUT2D eigenvalue weighted by atomic mass is 10.1. The standard InChI is InChI=1S/C17H17NO/c1-12-8-13(2)17(14(3)9-12)19-11-16-7-5-4-6-15(16)10-18/h4-9H,11H2,1-3H3. The molecule has 2 rings (SSSR count). The molecule has 0 aliphatic heterocycles. The number of hydrogen-bond acceptors (Lipinski definition) is 2. The van der Waals surface area contributed by atoms with Crippen molar-refractivity contribution in [1.82, 2.24) is 0 Å². The van der Waals surface area contributed by atoms with Gasteiger partial charge in [-0.15, -0.1) is 0 Å². The number of nitriles is 1. The van der Waals surface area contributed by atoms with Crippen molar-refractivity contribution >= 4 is 0 Å². The largest absolute Gasteiger partial charge is 0.488 e. The molecular weight excluding hydrogens is 234 g/mol. The fourth-order valence-electron chi connectivity index (χ4n) is 2.30. The topological polar surface area (TPSA) is 33.0 Å². The maximum absolute atomic E-state index is 9.06. The van der Waals surface area contributed by atoms with Gasteiger partial charge in [0.2, 0.25) is 0 Å². The van der Waals surface area contributed by atoms with Crippen LogP contribution in [0.2, 0.25) is 0 Å². The molecule has 96 valence electrons. The van der Waals surface area contributed by atoms with Crippen LogP contribution in [0.15, 0.2) is 36.4 Å². The quantitative estimate of drug-likeness (QED) is 0.824. The Morgan fingerprint density at radius 1 is 1.05 bits per heavy atom. The highest BCUT2D eigenvalue weighted by molar-refractivity contribution is 5.43. The highest BCUT2D eigenvalue weighted by Crippen LogP contribution is 2.25. The summed E-state index contributed by atoms with van der Waals surface area (Å²) < 4.78 is 5.90. The molecule has 0 atom stereocenters. The van der Waals surface area contributed by atoms with Crippen molar-refractivity contribution in [3.05, 3.63) is 64.2 Å². The molecule has 0 fully saturated rings. The van der Waals surface area contributed by atoms with E-state index < -0.39 is 0 Å². The molecule has 0 saturated carbocycles. The third-order valence-corrected chi connectivity index (χ3v) is 3.11. The van der Waals surface area contributed by atoms with E-state index in [1.54, 1.807) is 0 Å². The van der Waals surface area contributed by atoms with Gasteiger partial charge in [-0.1, -0.05) is 35.9 Å².